The van der Waals surface area contributed by atoms with Crippen LogP contribution in [0.4, 0.5) is 5.82 Å². The number of benzene rings is 1. The van der Waals surface area contributed by atoms with Gasteiger partial charge in [0.2, 0.25) is 5.91 Å². The van der Waals surface area contributed by atoms with Crippen LogP contribution in [0.15, 0.2) is 48.8 Å². The number of aryl methyl sites for hydroxylation is 2. The Balaban J connectivity index is 1.43. The van der Waals surface area contributed by atoms with Crippen molar-refractivity contribution in [1.82, 2.24) is 24.4 Å². The van der Waals surface area contributed by atoms with Crippen LogP contribution in [0, 0.1) is 20.8 Å². The van der Waals surface area contributed by atoms with E-state index in [1.54, 1.807) is 12.4 Å². The highest BCUT2D eigenvalue weighted by Crippen LogP contribution is 2.19. The van der Waals surface area contributed by atoms with Crippen molar-refractivity contribution in [2.24, 2.45) is 0 Å². The van der Waals surface area contributed by atoms with Crippen molar-refractivity contribution >= 4 is 17.8 Å². The molecule has 4 rings (SSSR count). The van der Waals surface area contributed by atoms with Gasteiger partial charge in [0, 0.05) is 44.0 Å². The Labute approximate surface area is 176 Å². The van der Waals surface area contributed by atoms with Gasteiger partial charge in [-0.05, 0) is 32.4 Å². The molecule has 0 unspecified atom stereocenters. The molecule has 7 heteroatoms. The van der Waals surface area contributed by atoms with Gasteiger partial charge in [-0.2, -0.15) is 0 Å². The molecule has 3 aromatic rings. The molecule has 0 saturated carbocycles. The van der Waals surface area contributed by atoms with Crippen LogP contribution >= 0.6 is 0 Å². The topological polar surface area (TPSA) is 67.2 Å². The van der Waals surface area contributed by atoms with Crippen LogP contribution in [-0.2, 0) is 4.79 Å². The summed E-state index contributed by atoms with van der Waals surface area (Å²) in [5, 5.41) is 0. The van der Waals surface area contributed by atoms with E-state index in [0.717, 1.165) is 47.5 Å². The Morgan fingerprint density at radius 1 is 0.967 bits per heavy atom. The predicted octanol–water partition coefficient (Wildman–Crippen LogP) is 2.95. The molecule has 154 valence electrons. The maximum Gasteiger partial charge on any atom is 0.246 e. The number of rotatable bonds is 4. The number of carbonyl (C=O) groups is 1. The lowest BCUT2D eigenvalue weighted by atomic mass is 10.2. The molecule has 30 heavy (non-hydrogen) atoms. The van der Waals surface area contributed by atoms with Crippen LogP contribution < -0.4 is 4.90 Å². The lowest BCUT2D eigenvalue weighted by molar-refractivity contribution is -0.126. The summed E-state index contributed by atoms with van der Waals surface area (Å²) >= 11 is 0. The first-order chi connectivity index (χ1) is 14.5. The van der Waals surface area contributed by atoms with E-state index < -0.39 is 0 Å². The highest BCUT2D eigenvalue weighted by atomic mass is 16.2. The number of nitrogens with zero attached hydrogens (tertiary/aromatic N) is 6. The van der Waals surface area contributed by atoms with Gasteiger partial charge in [-0.3, -0.25) is 9.36 Å². The number of aromatic nitrogens is 4. The smallest absolute Gasteiger partial charge is 0.246 e. The number of piperazine rings is 1. The van der Waals surface area contributed by atoms with E-state index in [1.165, 1.54) is 0 Å². The maximum absolute atomic E-state index is 12.5. The monoisotopic (exact) mass is 402 g/mol. The number of anilines is 1. The summed E-state index contributed by atoms with van der Waals surface area (Å²) < 4.78 is 1.99. The number of hydrogen-bond donors (Lipinski definition) is 0. The van der Waals surface area contributed by atoms with E-state index in [4.69, 9.17) is 0 Å². The quantitative estimate of drug-likeness (QED) is 0.628. The van der Waals surface area contributed by atoms with Crippen molar-refractivity contribution in [3.05, 3.63) is 71.6 Å². The molecule has 1 saturated heterocycles. The molecule has 1 aliphatic rings. The van der Waals surface area contributed by atoms with Gasteiger partial charge in [-0.1, -0.05) is 30.3 Å². The van der Waals surface area contributed by atoms with Gasteiger partial charge < -0.3 is 9.80 Å². The number of imidazole rings is 1. The van der Waals surface area contributed by atoms with Gasteiger partial charge in [-0.15, -0.1) is 0 Å². The van der Waals surface area contributed by atoms with Crippen molar-refractivity contribution in [2.45, 2.75) is 20.8 Å². The fraction of sp³-hybridized carbons (Fsp3) is 0.304. The molecule has 1 aromatic carbocycles. The third-order valence-corrected chi connectivity index (χ3v) is 5.44. The van der Waals surface area contributed by atoms with Crippen LogP contribution in [0.2, 0.25) is 0 Å². The third-order valence-electron chi connectivity index (χ3n) is 5.44. The number of carbonyl (C=O) groups excluding carboxylic acids is 1. The van der Waals surface area contributed by atoms with E-state index in [2.05, 4.69) is 19.9 Å². The second-order valence-corrected chi connectivity index (χ2v) is 7.47. The zero-order valence-electron chi connectivity index (χ0n) is 17.6. The van der Waals surface area contributed by atoms with E-state index in [-0.39, 0.29) is 5.91 Å². The van der Waals surface area contributed by atoms with Gasteiger partial charge in [-0.25, -0.2) is 15.0 Å². The molecule has 2 aromatic heterocycles. The molecule has 0 spiro atoms. The minimum absolute atomic E-state index is 0.0441. The SMILES string of the molecule is Cc1nc(N2CCN(C(=O)/C=C/c3ccccc3)CC2)cc(-n2cnc(C)c2C)n1. The zero-order valence-corrected chi connectivity index (χ0v) is 17.6. The Hall–Kier alpha value is -3.48. The lowest BCUT2D eigenvalue weighted by Crippen LogP contribution is -2.48. The Bertz CT molecular complexity index is 1060. The van der Waals surface area contributed by atoms with Crippen molar-refractivity contribution in [2.75, 3.05) is 31.1 Å². The number of hydrogen-bond acceptors (Lipinski definition) is 5. The van der Waals surface area contributed by atoms with Crippen molar-refractivity contribution in [3.63, 3.8) is 0 Å². The molecule has 1 amide bonds. The van der Waals surface area contributed by atoms with E-state index in [9.17, 15) is 4.79 Å². The largest absolute Gasteiger partial charge is 0.353 e. The van der Waals surface area contributed by atoms with Crippen molar-refractivity contribution in [1.29, 1.82) is 0 Å². The fourth-order valence-electron chi connectivity index (χ4n) is 3.54. The Morgan fingerprint density at radius 2 is 1.67 bits per heavy atom. The molecule has 1 fully saturated rings. The van der Waals surface area contributed by atoms with Crippen LogP contribution in [-0.4, -0.2) is 56.5 Å². The summed E-state index contributed by atoms with van der Waals surface area (Å²) in [5.41, 5.74) is 3.08. The third kappa shape index (κ3) is 4.25. The minimum atomic E-state index is 0.0441. The minimum Gasteiger partial charge on any atom is -0.353 e. The molecule has 0 N–H and O–H groups in total. The van der Waals surface area contributed by atoms with Crippen molar-refractivity contribution in [3.8, 4) is 5.82 Å². The molecule has 0 bridgehead atoms. The maximum atomic E-state index is 12.5. The first kappa shape index (κ1) is 19.8. The fourth-order valence-corrected chi connectivity index (χ4v) is 3.54. The molecule has 0 aliphatic carbocycles. The molecular weight excluding hydrogens is 376 g/mol. The molecule has 0 radical (unpaired) electrons. The average molecular weight is 403 g/mol. The summed E-state index contributed by atoms with van der Waals surface area (Å²) in [7, 11) is 0. The summed E-state index contributed by atoms with van der Waals surface area (Å²) in [6, 6.07) is 11.9. The van der Waals surface area contributed by atoms with Gasteiger partial charge >= 0.3 is 0 Å². The summed E-state index contributed by atoms with van der Waals surface area (Å²) in [6.45, 7) is 8.74. The highest BCUT2D eigenvalue weighted by Gasteiger charge is 2.21. The average Bonchev–Trinajstić information content (AvgIpc) is 3.11. The summed E-state index contributed by atoms with van der Waals surface area (Å²) in [5.74, 6) is 2.47. The van der Waals surface area contributed by atoms with Crippen LogP contribution in [0.1, 0.15) is 22.8 Å². The van der Waals surface area contributed by atoms with E-state index >= 15 is 0 Å². The zero-order chi connectivity index (χ0) is 21.1. The molecule has 3 heterocycles. The number of amides is 1. The summed E-state index contributed by atoms with van der Waals surface area (Å²) in [6.07, 6.45) is 5.32. The van der Waals surface area contributed by atoms with Crippen molar-refractivity contribution < 1.29 is 4.79 Å². The summed E-state index contributed by atoms with van der Waals surface area (Å²) in [4.78, 5) is 30.2. The van der Waals surface area contributed by atoms with Crippen LogP contribution in [0.3, 0.4) is 0 Å². The molecule has 0 atom stereocenters. The van der Waals surface area contributed by atoms with Gasteiger partial charge in [0.15, 0.2) is 0 Å². The van der Waals surface area contributed by atoms with Gasteiger partial charge in [0.1, 0.15) is 23.8 Å². The normalized spacial score (nSPS) is 14.5. The van der Waals surface area contributed by atoms with Crippen LogP contribution in [0.25, 0.3) is 11.9 Å². The van der Waals surface area contributed by atoms with Gasteiger partial charge in [0.05, 0.1) is 5.69 Å². The Morgan fingerprint density at radius 3 is 2.33 bits per heavy atom. The van der Waals surface area contributed by atoms with Crippen LogP contribution in [0.5, 0.6) is 0 Å². The highest BCUT2D eigenvalue weighted by molar-refractivity contribution is 5.91. The second kappa shape index (κ2) is 8.49. The molecule has 7 nitrogen and oxygen atoms in total. The first-order valence-corrected chi connectivity index (χ1v) is 10.1. The molecule has 1 aliphatic heterocycles. The lowest BCUT2D eigenvalue weighted by Gasteiger charge is -2.35. The first-order valence-electron chi connectivity index (χ1n) is 10.1. The Kier molecular flexibility index (Phi) is 5.61. The molecular formula is C23H26N6O. The van der Waals surface area contributed by atoms with E-state index in [0.29, 0.717) is 13.1 Å². The van der Waals surface area contributed by atoms with E-state index in [1.807, 2.05) is 72.7 Å². The predicted molar refractivity (Wildman–Crippen MR) is 118 cm³/mol. The van der Waals surface area contributed by atoms with Gasteiger partial charge in [0.25, 0.3) is 0 Å². The standard InChI is InChI=1S/C23H26N6O/c1-17-18(2)29(16-24-17)22-15-21(25-19(3)26-22)27-11-13-28(14-12-27)23(30)10-9-20-7-5-4-6-8-20/h4-10,15-16H,11-14H2,1-3H3/b10-9+. The second-order valence-electron chi connectivity index (χ2n) is 7.47.